The van der Waals surface area contributed by atoms with Gasteiger partial charge in [-0.3, -0.25) is 0 Å². The van der Waals surface area contributed by atoms with E-state index in [4.69, 9.17) is 5.73 Å². The molecule has 0 aromatic heterocycles. The van der Waals surface area contributed by atoms with Gasteiger partial charge in [0.15, 0.2) is 0 Å². The zero-order chi connectivity index (χ0) is 11.6. The Hall–Kier alpha value is -1.07. The largest absolute Gasteiger partial charge is 0.387 e. The molecule has 0 fully saturated rings. The smallest absolute Gasteiger partial charge is 0.267 e. The van der Waals surface area contributed by atoms with Crippen LogP contribution in [-0.2, 0) is 0 Å². The van der Waals surface area contributed by atoms with Crippen LogP contribution in [0.15, 0.2) is 18.2 Å². The molecule has 0 radical (unpaired) electrons. The van der Waals surface area contributed by atoms with Gasteiger partial charge in [0.2, 0.25) is 0 Å². The molecular weight excluding hydrogens is 207 g/mol. The topological polar surface area (TPSA) is 46.2 Å². The summed E-state index contributed by atoms with van der Waals surface area (Å²) >= 11 is 0. The highest BCUT2D eigenvalue weighted by Crippen LogP contribution is 2.30. The van der Waals surface area contributed by atoms with Gasteiger partial charge in [-0.15, -0.1) is 0 Å². The van der Waals surface area contributed by atoms with Gasteiger partial charge in [0.25, 0.3) is 6.43 Å². The highest BCUT2D eigenvalue weighted by molar-refractivity contribution is 5.32. The lowest BCUT2D eigenvalue weighted by atomic mass is 9.98. The van der Waals surface area contributed by atoms with Crippen LogP contribution in [0.1, 0.15) is 30.6 Å². The van der Waals surface area contributed by atoms with E-state index in [0.29, 0.717) is 0 Å². The zero-order valence-corrected chi connectivity index (χ0v) is 8.12. The maximum Gasteiger partial charge on any atom is 0.267 e. The fraction of sp³-hybridized carbons (Fsp3) is 0.400. The number of nitrogens with two attached hydrogens (primary N) is 1. The minimum absolute atomic E-state index is 0.153. The van der Waals surface area contributed by atoms with Crippen molar-refractivity contribution >= 4 is 0 Å². The van der Waals surface area contributed by atoms with Crippen molar-refractivity contribution in [3.8, 4) is 0 Å². The van der Waals surface area contributed by atoms with Gasteiger partial charge in [-0.1, -0.05) is 12.1 Å². The molecule has 15 heavy (non-hydrogen) atoms. The number of halogens is 3. The second-order valence-electron chi connectivity index (χ2n) is 3.35. The summed E-state index contributed by atoms with van der Waals surface area (Å²) in [6, 6.07) is 2.71. The quantitative estimate of drug-likeness (QED) is 0.818. The first-order valence-electron chi connectivity index (χ1n) is 4.45. The summed E-state index contributed by atoms with van der Waals surface area (Å²) in [5, 5.41) is 9.53. The predicted molar refractivity (Wildman–Crippen MR) is 50.0 cm³/mol. The van der Waals surface area contributed by atoms with Crippen LogP contribution in [0.2, 0.25) is 0 Å². The van der Waals surface area contributed by atoms with Gasteiger partial charge in [0.1, 0.15) is 5.82 Å². The maximum absolute atomic E-state index is 13.1. The van der Waals surface area contributed by atoms with E-state index in [9.17, 15) is 18.3 Å². The van der Waals surface area contributed by atoms with Gasteiger partial charge in [0.05, 0.1) is 11.7 Å². The molecule has 0 spiro atoms. The highest BCUT2D eigenvalue weighted by atomic mass is 19.3. The van der Waals surface area contributed by atoms with Gasteiger partial charge in [-0.05, 0) is 18.6 Å². The van der Waals surface area contributed by atoms with Crippen molar-refractivity contribution in [2.75, 3.05) is 0 Å². The Morgan fingerprint density at radius 2 is 1.93 bits per heavy atom. The molecule has 2 unspecified atom stereocenters. The van der Waals surface area contributed by atoms with Crippen molar-refractivity contribution in [2.24, 2.45) is 5.73 Å². The van der Waals surface area contributed by atoms with E-state index in [1.165, 1.54) is 19.1 Å². The van der Waals surface area contributed by atoms with Crippen LogP contribution >= 0.6 is 0 Å². The second kappa shape index (κ2) is 4.63. The molecule has 3 N–H and O–H groups in total. The molecule has 0 bridgehead atoms. The third-order valence-electron chi connectivity index (χ3n) is 2.12. The lowest BCUT2D eigenvalue weighted by Gasteiger charge is -2.18. The van der Waals surface area contributed by atoms with Crippen molar-refractivity contribution in [3.63, 3.8) is 0 Å². The third-order valence-corrected chi connectivity index (χ3v) is 2.12. The molecule has 5 heteroatoms. The van der Waals surface area contributed by atoms with Crippen molar-refractivity contribution < 1.29 is 18.3 Å². The summed E-state index contributed by atoms with van der Waals surface area (Å²) in [5.74, 6) is -1.03. The van der Waals surface area contributed by atoms with Gasteiger partial charge in [0, 0.05) is 6.04 Å². The average molecular weight is 219 g/mol. The predicted octanol–water partition coefficient (Wildman–Crippen LogP) is 2.14. The van der Waals surface area contributed by atoms with Crippen LogP contribution < -0.4 is 5.73 Å². The summed E-state index contributed by atoms with van der Waals surface area (Å²) in [6.45, 7) is 1.46. The third kappa shape index (κ3) is 2.49. The molecule has 0 aliphatic carbocycles. The van der Waals surface area contributed by atoms with E-state index in [-0.39, 0.29) is 5.56 Å². The molecule has 0 heterocycles. The molecule has 0 saturated heterocycles. The van der Waals surface area contributed by atoms with Crippen molar-refractivity contribution in [2.45, 2.75) is 25.5 Å². The maximum atomic E-state index is 13.1. The van der Waals surface area contributed by atoms with E-state index < -0.39 is 30.0 Å². The Bertz CT molecular complexity index is 341. The number of aliphatic hydroxyl groups is 1. The van der Waals surface area contributed by atoms with Crippen molar-refractivity contribution in [3.05, 3.63) is 35.1 Å². The SMILES string of the molecule is CC(N)C(O)c1cccc(F)c1C(F)F. The van der Waals surface area contributed by atoms with Gasteiger partial charge < -0.3 is 10.8 Å². The number of rotatable bonds is 3. The number of hydrogen-bond donors (Lipinski definition) is 2. The Balaban J connectivity index is 3.22. The van der Waals surface area contributed by atoms with E-state index in [0.717, 1.165) is 6.07 Å². The number of hydrogen-bond acceptors (Lipinski definition) is 2. The number of aliphatic hydroxyl groups excluding tert-OH is 1. The molecule has 0 saturated carbocycles. The van der Waals surface area contributed by atoms with Crippen LogP contribution in [0, 0.1) is 5.82 Å². The Morgan fingerprint density at radius 1 is 1.33 bits per heavy atom. The normalized spacial score (nSPS) is 15.4. The molecule has 0 aliphatic rings. The fourth-order valence-corrected chi connectivity index (χ4v) is 1.33. The minimum Gasteiger partial charge on any atom is -0.387 e. The molecule has 0 aliphatic heterocycles. The van der Waals surface area contributed by atoms with Crippen LogP contribution in [0.3, 0.4) is 0 Å². The molecule has 2 nitrogen and oxygen atoms in total. The van der Waals surface area contributed by atoms with Crippen LogP contribution in [0.25, 0.3) is 0 Å². The summed E-state index contributed by atoms with van der Waals surface area (Å²) in [4.78, 5) is 0. The first-order chi connectivity index (χ1) is 6.95. The van der Waals surface area contributed by atoms with Gasteiger partial charge in [-0.25, -0.2) is 13.2 Å². The first-order valence-corrected chi connectivity index (χ1v) is 4.45. The minimum atomic E-state index is -2.96. The van der Waals surface area contributed by atoms with E-state index in [1.807, 2.05) is 0 Å². The summed E-state index contributed by atoms with van der Waals surface area (Å²) in [6.07, 6.45) is -4.25. The standard InChI is InChI=1S/C10H12F3NO/c1-5(14)9(15)6-3-2-4-7(11)8(6)10(12)13/h2-5,9-10,15H,14H2,1H3. The Morgan fingerprint density at radius 3 is 2.40 bits per heavy atom. The van der Waals surface area contributed by atoms with Gasteiger partial charge in [-0.2, -0.15) is 0 Å². The number of alkyl halides is 2. The zero-order valence-electron chi connectivity index (χ0n) is 8.12. The molecular formula is C10H12F3NO. The lowest BCUT2D eigenvalue weighted by molar-refractivity contribution is 0.123. The monoisotopic (exact) mass is 219 g/mol. The Labute approximate surface area is 85.5 Å². The fourth-order valence-electron chi connectivity index (χ4n) is 1.33. The van der Waals surface area contributed by atoms with E-state index in [1.54, 1.807) is 0 Å². The summed E-state index contributed by atoms with van der Waals surface area (Å²) < 4.78 is 38.1. The second-order valence-corrected chi connectivity index (χ2v) is 3.35. The summed E-state index contributed by atoms with van der Waals surface area (Å²) in [5.41, 5.74) is 4.44. The number of benzene rings is 1. The van der Waals surface area contributed by atoms with Crippen LogP contribution in [0.5, 0.6) is 0 Å². The lowest BCUT2D eigenvalue weighted by Crippen LogP contribution is -2.25. The molecule has 1 rings (SSSR count). The molecule has 1 aromatic carbocycles. The van der Waals surface area contributed by atoms with E-state index >= 15 is 0 Å². The van der Waals surface area contributed by atoms with Crippen molar-refractivity contribution in [1.82, 2.24) is 0 Å². The first kappa shape index (κ1) is 12.0. The molecule has 2 atom stereocenters. The average Bonchev–Trinajstić information content (AvgIpc) is 2.15. The molecule has 0 amide bonds. The Kier molecular flexibility index (Phi) is 3.71. The van der Waals surface area contributed by atoms with E-state index in [2.05, 4.69) is 0 Å². The molecule has 1 aromatic rings. The summed E-state index contributed by atoms with van der Waals surface area (Å²) in [7, 11) is 0. The van der Waals surface area contributed by atoms with Crippen LogP contribution in [0.4, 0.5) is 13.2 Å². The van der Waals surface area contributed by atoms with Crippen LogP contribution in [-0.4, -0.2) is 11.1 Å². The van der Waals surface area contributed by atoms with Crippen molar-refractivity contribution in [1.29, 1.82) is 0 Å². The van der Waals surface area contributed by atoms with Gasteiger partial charge >= 0.3 is 0 Å². The molecule has 84 valence electrons. The highest BCUT2D eigenvalue weighted by Gasteiger charge is 2.24.